The number of hydrogen-bond acceptors (Lipinski definition) is 8. The van der Waals surface area contributed by atoms with Crippen molar-refractivity contribution in [1.82, 2.24) is 29.7 Å². The smallest absolute Gasteiger partial charge is 0.238 e. The fraction of sp³-hybridized carbons (Fsp3) is 0.370. The van der Waals surface area contributed by atoms with Gasteiger partial charge in [-0.1, -0.05) is 6.42 Å². The van der Waals surface area contributed by atoms with E-state index in [0.717, 1.165) is 55.0 Å². The molecule has 39 heavy (non-hydrogen) atoms. The van der Waals surface area contributed by atoms with Crippen molar-refractivity contribution in [3.63, 3.8) is 0 Å². The summed E-state index contributed by atoms with van der Waals surface area (Å²) in [4.78, 5) is 32.7. The van der Waals surface area contributed by atoms with Gasteiger partial charge in [0.25, 0.3) is 0 Å². The van der Waals surface area contributed by atoms with Gasteiger partial charge in [0, 0.05) is 28.3 Å². The summed E-state index contributed by atoms with van der Waals surface area (Å²) in [7, 11) is 0. The minimum atomic E-state index is -0.0401. The van der Waals surface area contributed by atoms with Crippen LogP contribution in [0.4, 0.5) is 23.0 Å². The molecule has 12 heteroatoms. The normalized spacial score (nSPS) is 15.8. The lowest BCUT2D eigenvalue weighted by Crippen LogP contribution is -2.36. The lowest BCUT2D eigenvalue weighted by atomic mass is 10.1. The van der Waals surface area contributed by atoms with Gasteiger partial charge in [0.1, 0.15) is 5.52 Å². The van der Waals surface area contributed by atoms with Gasteiger partial charge in [-0.25, -0.2) is 9.50 Å². The fourth-order valence-corrected chi connectivity index (χ4v) is 5.36. The van der Waals surface area contributed by atoms with E-state index in [-0.39, 0.29) is 17.7 Å². The van der Waals surface area contributed by atoms with Crippen LogP contribution in [-0.4, -0.2) is 61.1 Å². The number of piperidine rings is 1. The van der Waals surface area contributed by atoms with Gasteiger partial charge in [-0.15, -0.1) is 5.10 Å². The molecule has 4 N–H and O–H groups in total. The topological polar surface area (TPSA) is 132 Å². The van der Waals surface area contributed by atoms with Gasteiger partial charge in [0.15, 0.2) is 11.6 Å². The summed E-state index contributed by atoms with van der Waals surface area (Å²) >= 11 is 1.41. The van der Waals surface area contributed by atoms with Crippen LogP contribution in [0.5, 0.6) is 0 Å². The molecule has 0 radical (unpaired) electrons. The average Bonchev–Trinajstić information content (AvgIpc) is 3.58. The highest BCUT2D eigenvalue weighted by atomic mass is 32.2. The second-order valence-electron chi connectivity index (χ2n) is 10.1. The number of aromatic nitrogens is 5. The Hall–Kier alpha value is -3.90. The number of carbonyl (C=O) groups excluding carboxylic acids is 2. The molecule has 2 amide bonds. The number of amides is 2. The maximum Gasteiger partial charge on any atom is 0.238 e. The number of H-pyrrole nitrogens is 1. The van der Waals surface area contributed by atoms with Crippen LogP contribution >= 0.6 is 11.8 Å². The number of aryl methyl sites for hydroxylation is 1. The Morgan fingerprint density at radius 1 is 1.05 bits per heavy atom. The molecule has 3 aromatic heterocycles. The summed E-state index contributed by atoms with van der Waals surface area (Å²) in [6, 6.07) is 11.4. The predicted molar refractivity (Wildman–Crippen MR) is 150 cm³/mol. The Labute approximate surface area is 230 Å². The second-order valence-corrected chi connectivity index (χ2v) is 11.2. The highest BCUT2D eigenvalue weighted by molar-refractivity contribution is 7.99. The number of benzene rings is 1. The molecule has 0 spiro atoms. The number of likely N-dealkylation sites (tertiary alicyclic amines) is 1. The summed E-state index contributed by atoms with van der Waals surface area (Å²) in [6.07, 6.45) is 7.24. The molecule has 1 saturated heterocycles. The van der Waals surface area contributed by atoms with Crippen LogP contribution in [0.15, 0.2) is 52.6 Å². The van der Waals surface area contributed by atoms with E-state index >= 15 is 0 Å². The minimum absolute atomic E-state index is 0.0401. The summed E-state index contributed by atoms with van der Waals surface area (Å²) in [5.74, 6) is 1.41. The van der Waals surface area contributed by atoms with E-state index in [1.807, 2.05) is 43.3 Å². The first kappa shape index (κ1) is 25.4. The summed E-state index contributed by atoms with van der Waals surface area (Å²) in [5.41, 5.74) is 3.07. The van der Waals surface area contributed by atoms with E-state index in [9.17, 15) is 9.59 Å². The first-order chi connectivity index (χ1) is 19.0. The van der Waals surface area contributed by atoms with Gasteiger partial charge >= 0.3 is 0 Å². The zero-order valence-electron chi connectivity index (χ0n) is 21.7. The Morgan fingerprint density at radius 2 is 1.85 bits per heavy atom. The molecule has 1 saturated carbocycles. The quantitative estimate of drug-likeness (QED) is 0.243. The van der Waals surface area contributed by atoms with Crippen LogP contribution in [0.25, 0.3) is 5.52 Å². The van der Waals surface area contributed by atoms with Crippen LogP contribution in [0.2, 0.25) is 0 Å². The number of nitrogens with one attached hydrogen (secondary N) is 4. The van der Waals surface area contributed by atoms with Crippen LogP contribution in [0.1, 0.15) is 37.8 Å². The molecule has 0 bridgehead atoms. The molecular weight excluding hydrogens is 514 g/mol. The van der Waals surface area contributed by atoms with Crippen molar-refractivity contribution >= 4 is 52.1 Å². The van der Waals surface area contributed by atoms with Gasteiger partial charge < -0.3 is 16.0 Å². The van der Waals surface area contributed by atoms with Crippen molar-refractivity contribution in [2.75, 3.05) is 35.6 Å². The molecule has 6 rings (SSSR count). The molecule has 4 aromatic rings. The minimum Gasteiger partial charge on any atom is -0.326 e. The number of nitrogens with zero attached hydrogens (tertiary/aromatic N) is 5. The fourth-order valence-electron chi connectivity index (χ4n) is 4.61. The lowest BCUT2D eigenvalue weighted by molar-refractivity contribution is -0.118. The Balaban J connectivity index is 1.22. The van der Waals surface area contributed by atoms with Crippen LogP contribution in [-0.2, 0) is 9.59 Å². The first-order valence-electron chi connectivity index (χ1n) is 13.3. The number of aromatic amines is 1. The van der Waals surface area contributed by atoms with E-state index in [1.165, 1.54) is 18.2 Å². The zero-order chi connectivity index (χ0) is 26.8. The summed E-state index contributed by atoms with van der Waals surface area (Å²) < 4.78 is 1.72. The largest absolute Gasteiger partial charge is 0.326 e. The Bertz CT molecular complexity index is 1490. The third-order valence-corrected chi connectivity index (χ3v) is 7.64. The summed E-state index contributed by atoms with van der Waals surface area (Å²) in [5, 5.41) is 21.7. The number of rotatable bonds is 9. The van der Waals surface area contributed by atoms with Crippen molar-refractivity contribution in [1.29, 1.82) is 0 Å². The molecular formula is C27H31N9O2S. The highest BCUT2D eigenvalue weighted by Crippen LogP contribution is 2.32. The summed E-state index contributed by atoms with van der Waals surface area (Å²) in [6.45, 7) is 4.23. The van der Waals surface area contributed by atoms with Gasteiger partial charge in [0.2, 0.25) is 17.0 Å². The average molecular weight is 546 g/mol. The molecule has 0 unspecified atom stereocenters. The maximum atomic E-state index is 12.7. The molecule has 1 aromatic carbocycles. The molecule has 2 fully saturated rings. The monoisotopic (exact) mass is 545 g/mol. The van der Waals surface area contributed by atoms with Gasteiger partial charge in [0.05, 0.1) is 18.4 Å². The number of anilines is 4. The van der Waals surface area contributed by atoms with Crippen LogP contribution in [0.3, 0.4) is 0 Å². The highest BCUT2D eigenvalue weighted by Gasteiger charge is 2.29. The molecule has 202 valence electrons. The van der Waals surface area contributed by atoms with E-state index in [4.69, 9.17) is 10.1 Å². The van der Waals surface area contributed by atoms with Crippen molar-refractivity contribution < 1.29 is 9.59 Å². The number of fused-ring (bicyclic) bond motifs is 1. The third kappa shape index (κ3) is 6.40. The maximum absolute atomic E-state index is 12.7. The van der Waals surface area contributed by atoms with Crippen molar-refractivity contribution in [2.45, 2.75) is 49.1 Å². The molecule has 4 heterocycles. The second kappa shape index (κ2) is 11.1. The van der Waals surface area contributed by atoms with Crippen molar-refractivity contribution in [3.8, 4) is 0 Å². The predicted octanol–water partition coefficient (Wildman–Crippen LogP) is 4.43. The Morgan fingerprint density at radius 3 is 2.56 bits per heavy atom. The van der Waals surface area contributed by atoms with Crippen LogP contribution < -0.4 is 16.0 Å². The standard InChI is InChI=1S/C27H31N9O2S/c1-17-13-23(33-32-17)30-25-22-14-20(28-24(37)16-35-11-3-2-4-12-35)15-36(22)34-27(31-25)39-21-9-7-19(8-10-21)29-26(38)18-5-6-18/h7-10,13-15,18H,2-6,11-12,16H2,1H3,(H,28,37)(H,29,38)(H2,30,31,32,33,34). The third-order valence-electron chi connectivity index (χ3n) is 6.77. The van der Waals surface area contributed by atoms with Gasteiger partial charge in [-0.05, 0) is 87.8 Å². The number of hydrogen-bond donors (Lipinski definition) is 4. The first-order valence-corrected chi connectivity index (χ1v) is 14.1. The SMILES string of the molecule is Cc1cc(Nc2nc(Sc3ccc(NC(=O)C4CC4)cc3)nn3cc(NC(=O)CN4CCCCC4)cc23)n[nH]1. The van der Waals surface area contributed by atoms with E-state index in [2.05, 4.69) is 31.0 Å². The molecule has 11 nitrogen and oxygen atoms in total. The zero-order valence-corrected chi connectivity index (χ0v) is 22.6. The van der Waals surface area contributed by atoms with E-state index in [0.29, 0.717) is 34.5 Å². The van der Waals surface area contributed by atoms with E-state index in [1.54, 1.807) is 10.7 Å². The molecule has 0 atom stereocenters. The van der Waals surface area contributed by atoms with Crippen molar-refractivity contribution in [3.05, 3.63) is 48.3 Å². The number of carbonyl (C=O) groups is 2. The van der Waals surface area contributed by atoms with E-state index < -0.39 is 0 Å². The van der Waals surface area contributed by atoms with Crippen molar-refractivity contribution in [2.24, 2.45) is 5.92 Å². The molecule has 1 aliphatic heterocycles. The van der Waals surface area contributed by atoms with Gasteiger partial charge in [-0.3, -0.25) is 19.6 Å². The van der Waals surface area contributed by atoms with Gasteiger partial charge in [-0.2, -0.15) is 5.10 Å². The molecule has 2 aliphatic rings. The molecule has 1 aliphatic carbocycles. The van der Waals surface area contributed by atoms with Crippen LogP contribution in [0, 0.1) is 12.8 Å². The lowest BCUT2D eigenvalue weighted by Gasteiger charge is -2.25. The Kier molecular flexibility index (Phi) is 7.20.